The summed E-state index contributed by atoms with van der Waals surface area (Å²) < 4.78 is 32.8. The van der Waals surface area contributed by atoms with E-state index in [-0.39, 0.29) is 17.3 Å². The lowest BCUT2D eigenvalue weighted by atomic mass is 9.58. The summed E-state index contributed by atoms with van der Waals surface area (Å²) in [4.78, 5) is 27.8. The molecule has 1 fully saturated rings. The minimum absolute atomic E-state index is 0.112. The predicted molar refractivity (Wildman–Crippen MR) is 113 cm³/mol. The molecule has 3 N–H and O–H groups in total. The first-order valence-electron chi connectivity index (χ1n) is 10.1. The summed E-state index contributed by atoms with van der Waals surface area (Å²) in [5, 5.41) is 0. The van der Waals surface area contributed by atoms with Crippen LogP contribution in [0.2, 0.25) is 0 Å². The Balaban J connectivity index is 2.50. The summed E-state index contributed by atoms with van der Waals surface area (Å²) >= 11 is 0. The van der Waals surface area contributed by atoms with Crippen LogP contribution in [0.5, 0.6) is 0 Å². The zero-order valence-corrected chi connectivity index (χ0v) is 19.8. The maximum absolute atomic E-state index is 12.3. The number of rotatable bonds is 7. The SMILES string of the molecule is Cc1ccc(C(C)C)c(C2(C)CCCC(OP(=O)(O)OP(=O)(O)O)C2C(C)C)c1. The fourth-order valence-corrected chi connectivity index (χ4v) is 6.83. The lowest BCUT2D eigenvalue weighted by Gasteiger charge is -2.49. The van der Waals surface area contributed by atoms with Crippen molar-refractivity contribution in [1.29, 1.82) is 0 Å². The number of aryl methyl sites for hydroxylation is 1. The van der Waals surface area contributed by atoms with Gasteiger partial charge in [-0.05, 0) is 60.5 Å². The maximum Gasteiger partial charge on any atom is 0.481 e. The van der Waals surface area contributed by atoms with E-state index in [0.29, 0.717) is 12.3 Å². The fourth-order valence-electron chi connectivity index (χ4n) is 5.02. The van der Waals surface area contributed by atoms with Crippen LogP contribution >= 0.6 is 15.6 Å². The number of hydrogen-bond donors (Lipinski definition) is 3. The maximum atomic E-state index is 12.3. The largest absolute Gasteiger partial charge is 0.481 e. The standard InChI is InChI=1S/C20H34O7P2/c1-13(2)16-10-9-15(5)12-17(16)20(6)11-7-8-18(19(20)14(3)4)26-29(24,25)27-28(21,22)23/h9-10,12-14,18-19H,7-8,11H2,1-6H3,(H,24,25)(H2,21,22,23). The summed E-state index contributed by atoms with van der Waals surface area (Å²) in [6.45, 7) is 12.6. The van der Waals surface area contributed by atoms with E-state index in [4.69, 9.17) is 14.3 Å². The van der Waals surface area contributed by atoms with Gasteiger partial charge in [-0.25, -0.2) is 9.13 Å². The Kier molecular flexibility index (Phi) is 7.61. The topological polar surface area (TPSA) is 113 Å². The van der Waals surface area contributed by atoms with Gasteiger partial charge < -0.3 is 14.7 Å². The summed E-state index contributed by atoms with van der Waals surface area (Å²) in [6.07, 6.45) is 1.53. The molecule has 7 nitrogen and oxygen atoms in total. The van der Waals surface area contributed by atoms with E-state index in [9.17, 15) is 14.0 Å². The van der Waals surface area contributed by atoms with Crippen LogP contribution in [-0.4, -0.2) is 20.8 Å². The third-order valence-electron chi connectivity index (χ3n) is 5.96. The monoisotopic (exact) mass is 448 g/mol. The first-order valence-corrected chi connectivity index (χ1v) is 13.1. The van der Waals surface area contributed by atoms with E-state index in [1.807, 2.05) is 20.8 Å². The molecule has 0 aliphatic heterocycles. The van der Waals surface area contributed by atoms with Gasteiger partial charge in [0.25, 0.3) is 0 Å². The minimum Gasteiger partial charge on any atom is -0.302 e. The van der Waals surface area contributed by atoms with Crippen molar-refractivity contribution in [1.82, 2.24) is 0 Å². The smallest absolute Gasteiger partial charge is 0.302 e. The first-order chi connectivity index (χ1) is 13.2. The van der Waals surface area contributed by atoms with Crippen LogP contribution in [0.15, 0.2) is 18.2 Å². The second-order valence-electron chi connectivity index (χ2n) is 9.01. The zero-order valence-electron chi connectivity index (χ0n) is 18.0. The molecule has 0 radical (unpaired) electrons. The molecular weight excluding hydrogens is 414 g/mol. The average Bonchev–Trinajstić information content (AvgIpc) is 2.51. The molecule has 29 heavy (non-hydrogen) atoms. The second kappa shape index (κ2) is 8.92. The van der Waals surface area contributed by atoms with Gasteiger partial charge in [0.2, 0.25) is 0 Å². The van der Waals surface area contributed by atoms with Gasteiger partial charge in [-0.2, -0.15) is 4.31 Å². The van der Waals surface area contributed by atoms with Crippen molar-refractivity contribution in [3.8, 4) is 0 Å². The highest BCUT2D eigenvalue weighted by atomic mass is 31.3. The van der Waals surface area contributed by atoms with Gasteiger partial charge in [-0.1, -0.05) is 58.4 Å². The second-order valence-corrected chi connectivity index (χ2v) is 11.8. The number of hydrogen-bond acceptors (Lipinski definition) is 4. The molecule has 0 amide bonds. The molecule has 2 rings (SSSR count). The molecule has 0 aromatic heterocycles. The van der Waals surface area contributed by atoms with E-state index in [2.05, 4.69) is 43.3 Å². The number of benzene rings is 1. The van der Waals surface area contributed by atoms with E-state index < -0.39 is 21.7 Å². The highest BCUT2D eigenvalue weighted by molar-refractivity contribution is 7.60. The molecule has 4 atom stereocenters. The van der Waals surface area contributed by atoms with Gasteiger partial charge in [0.1, 0.15) is 0 Å². The van der Waals surface area contributed by atoms with Crippen LogP contribution in [0.1, 0.15) is 76.5 Å². The van der Waals surface area contributed by atoms with Crippen LogP contribution in [-0.2, 0) is 23.4 Å². The Labute approximate surface area is 173 Å². The molecule has 9 heteroatoms. The van der Waals surface area contributed by atoms with Gasteiger partial charge in [0.15, 0.2) is 0 Å². The molecule has 1 aliphatic rings. The van der Waals surface area contributed by atoms with E-state index >= 15 is 0 Å². The zero-order chi connectivity index (χ0) is 22.2. The van der Waals surface area contributed by atoms with Crippen LogP contribution in [0.25, 0.3) is 0 Å². The van der Waals surface area contributed by atoms with Gasteiger partial charge in [0.05, 0.1) is 6.10 Å². The van der Waals surface area contributed by atoms with Crippen LogP contribution in [0, 0.1) is 18.8 Å². The van der Waals surface area contributed by atoms with Gasteiger partial charge >= 0.3 is 15.6 Å². The van der Waals surface area contributed by atoms with Crippen molar-refractivity contribution in [2.75, 3.05) is 0 Å². The molecule has 1 saturated carbocycles. The highest BCUT2D eigenvalue weighted by Gasteiger charge is 2.49. The highest BCUT2D eigenvalue weighted by Crippen LogP contribution is 2.61. The normalized spacial score (nSPS) is 28.0. The predicted octanol–water partition coefficient (Wildman–Crippen LogP) is 5.43. The molecule has 0 heterocycles. The van der Waals surface area contributed by atoms with E-state index in [1.54, 1.807) is 0 Å². The Hall–Kier alpha value is -0.520. The molecule has 0 bridgehead atoms. The molecular formula is C20H34O7P2. The van der Waals surface area contributed by atoms with E-state index in [1.165, 1.54) is 11.1 Å². The van der Waals surface area contributed by atoms with Crippen molar-refractivity contribution in [3.63, 3.8) is 0 Å². The first kappa shape index (κ1) is 24.7. The molecule has 0 spiro atoms. The fraction of sp³-hybridized carbons (Fsp3) is 0.700. The van der Waals surface area contributed by atoms with Gasteiger partial charge in [-0.15, -0.1) is 0 Å². The Morgan fingerprint density at radius 1 is 1.14 bits per heavy atom. The van der Waals surface area contributed by atoms with Crippen molar-refractivity contribution in [2.24, 2.45) is 11.8 Å². The minimum atomic E-state index is -5.15. The summed E-state index contributed by atoms with van der Waals surface area (Å²) in [5.41, 5.74) is 3.28. The third-order valence-corrected chi connectivity index (χ3v) is 8.18. The van der Waals surface area contributed by atoms with Gasteiger partial charge in [0, 0.05) is 0 Å². The summed E-state index contributed by atoms with van der Waals surface area (Å²) in [7, 11) is -10.1. The van der Waals surface area contributed by atoms with Crippen molar-refractivity contribution in [3.05, 3.63) is 34.9 Å². The average molecular weight is 448 g/mol. The molecule has 166 valence electrons. The lowest BCUT2D eigenvalue weighted by molar-refractivity contribution is -0.00542. The number of phosphoric ester groups is 1. The Bertz CT molecular complexity index is 817. The van der Waals surface area contributed by atoms with Gasteiger partial charge in [-0.3, -0.25) is 4.52 Å². The lowest BCUT2D eigenvalue weighted by Crippen LogP contribution is -2.47. The van der Waals surface area contributed by atoms with Crippen LogP contribution in [0.4, 0.5) is 0 Å². The Morgan fingerprint density at radius 2 is 1.76 bits per heavy atom. The quantitative estimate of drug-likeness (QED) is 0.477. The van der Waals surface area contributed by atoms with Crippen LogP contribution < -0.4 is 0 Å². The van der Waals surface area contributed by atoms with Crippen molar-refractivity contribution < 1.29 is 32.6 Å². The molecule has 4 unspecified atom stereocenters. The summed E-state index contributed by atoms with van der Waals surface area (Å²) in [6, 6.07) is 6.44. The molecule has 1 aromatic carbocycles. The number of phosphoric acid groups is 2. The van der Waals surface area contributed by atoms with E-state index in [0.717, 1.165) is 18.4 Å². The van der Waals surface area contributed by atoms with Crippen LogP contribution in [0.3, 0.4) is 0 Å². The van der Waals surface area contributed by atoms with Crippen molar-refractivity contribution in [2.45, 2.75) is 78.2 Å². The summed E-state index contributed by atoms with van der Waals surface area (Å²) in [5.74, 6) is 0.302. The third kappa shape index (κ3) is 6.01. The van der Waals surface area contributed by atoms with Crippen molar-refractivity contribution >= 4 is 15.6 Å². The molecule has 0 saturated heterocycles. The molecule has 1 aromatic rings. The Morgan fingerprint density at radius 3 is 2.28 bits per heavy atom. The molecule has 1 aliphatic carbocycles.